The number of hydrogen-bond acceptors (Lipinski definition) is 5. The maximum atomic E-state index is 13.1. The number of ketones is 1. The van der Waals surface area contributed by atoms with Crippen LogP contribution in [0.5, 0.6) is 5.75 Å². The first-order valence-electron chi connectivity index (χ1n) is 10.4. The van der Waals surface area contributed by atoms with Crippen LogP contribution in [0.3, 0.4) is 0 Å². The van der Waals surface area contributed by atoms with E-state index in [-0.39, 0.29) is 11.7 Å². The van der Waals surface area contributed by atoms with Gasteiger partial charge in [0.15, 0.2) is 5.78 Å². The number of amides is 1. The van der Waals surface area contributed by atoms with Gasteiger partial charge in [0.1, 0.15) is 23.2 Å². The number of carbonyl (C=O) groups is 2. The number of hydrogen-bond donors (Lipinski definition) is 2. The minimum atomic E-state index is -0.485. The molecule has 0 fully saturated rings. The average molecular weight is 449 g/mol. The number of benzene rings is 2. The largest absolute Gasteiger partial charge is 0.497 e. The Labute approximate surface area is 190 Å². The second-order valence-corrected chi connectivity index (χ2v) is 8.16. The summed E-state index contributed by atoms with van der Waals surface area (Å²) < 4.78 is 6.91. The predicted octanol–water partition coefficient (Wildman–Crippen LogP) is 4.82. The van der Waals surface area contributed by atoms with Gasteiger partial charge in [-0.3, -0.25) is 9.59 Å². The second-order valence-electron chi connectivity index (χ2n) is 7.76. The summed E-state index contributed by atoms with van der Waals surface area (Å²) in [5, 5.41) is 11.3. The van der Waals surface area contributed by atoms with Gasteiger partial charge in [-0.1, -0.05) is 35.9 Å². The number of fused-ring (bicyclic) bond motifs is 1. The summed E-state index contributed by atoms with van der Waals surface area (Å²) in [5.74, 6) is 0.958. The van der Waals surface area contributed by atoms with Crippen LogP contribution in [0.1, 0.15) is 41.2 Å². The van der Waals surface area contributed by atoms with Crippen molar-refractivity contribution in [1.29, 1.82) is 0 Å². The highest BCUT2D eigenvalue weighted by molar-refractivity contribution is 6.31. The van der Waals surface area contributed by atoms with E-state index < -0.39 is 6.04 Å². The summed E-state index contributed by atoms with van der Waals surface area (Å²) in [6.45, 7) is 0. The van der Waals surface area contributed by atoms with Gasteiger partial charge in [0.2, 0.25) is 0 Å². The monoisotopic (exact) mass is 448 g/mol. The van der Waals surface area contributed by atoms with E-state index in [0.717, 1.165) is 24.1 Å². The summed E-state index contributed by atoms with van der Waals surface area (Å²) in [4.78, 5) is 26.0. The highest BCUT2D eigenvalue weighted by Crippen LogP contribution is 2.43. The lowest BCUT2D eigenvalue weighted by molar-refractivity contribution is -0.116. The molecule has 0 saturated heterocycles. The zero-order valence-corrected chi connectivity index (χ0v) is 18.1. The molecular formula is C24H21ClN4O3. The normalized spacial score (nSPS) is 17.3. The van der Waals surface area contributed by atoms with Gasteiger partial charge in [0, 0.05) is 34.5 Å². The number of nitrogens with zero attached hydrogens (tertiary/aromatic N) is 2. The first-order chi connectivity index (χ1) is 15.6. The van der Waals surface area contributed by atoms with E-state index in [2.05, 4.69) is 15.7 Å². The second kappa shape index (κ2) is 8.16. The molecule has 1 amide bonds. The number of ether oxygens (including phenoxy) is 1. The zero-order chi connectivity index (χ0) is 22.2. The molecule has 2 aliphatic rings. The molecule has 1 aromatic heterocycles. The van der Waals surface area contributed by atoms with Crippen molar-refractivity contribution >= 4 is 34.8 Å². The Kier molecular flexibility index (Phi) is 5.19. The van der Waals surface area contributed by atoms with E-state index in [0.29, 0.717) is 39.8 Å². The molecule has 2 heterocycles. The van der Waals surface area contributed by atoms with Crippen LogP contribution in [-0.4, -0.2) is 28.6 Å². The van der Waals surface area contributed by atoms with Crippen LogP contribution in [0.25, 0.3) is 0 Å². The number of carbonyl (C=O) groups excluding carboxylic acids is 2. The molecule has 0 radical (unpaired) electrons. The van der Waals surface area contributed by atoms with Gasteiger partial charge in [-0.05, 0) is 36.6 Å². The van der Waals surface area contributed by atoms with Crippen molar-refractivity contribution in [3.63, 3.8) is 0 Å². The molecule has 2 aromatic carbocycles. The molecule has 5 rings (SSSR count). The van der Waals surface area contributed by atoms with Gasteiger partial charge in [-0.25, -0.2) is 4.68 Å². The minimum Gasteiger partial charge on any atom is -0.497 e. The van der Waals surface area contributed by atoms with Gasteiger partial charge in [0.05, 0.1) is 13.3 Å². The molecule has 1 aliphatic carbocycles. The number of anilines is 2. The first kappa shape index (κ1) is 20.3. The molecule has 32 heavy (non-hydrogen) atoms. The molecule has 0 spiro atoms. The summed E-state index contributed by atoms with van der Waals surface area (Å²) in [7, 11) is 1.57. The van der Waals surface area contributed by atoms with Gasteiger partial charge in [-0.15, -0.1) is 0 Å². The highest BCUT2D eigenvalue weighted by atomic mass is 35.5. The molecule has 7 nitrogen and oxygen atoms in total. The molecule has 1 unspecified atom stereocenters. The quantitative estimate of drug-likeness (QED) is 0.597. The van der Waals surface area contributed by atoms with E-state index in [1.54, 1.807) is 42.1 Å². The lowest BCUT2D eigenvalue weighted by Gasteiger charge is -2.33. The Balaban J connectivity index is 1.57. The van der Waals surface area contributed by atoms with Crippen LogP contribution in [0, 0.1) is 0 Å². The predicted molar refractivity (Wildman–Crippen MR) is 122 cm³/mol. The van der Waals surface area contributed by atoms with E-state index >= 15 is 0 Å². The van der Waals surface area contributed by atoms with E-state index in [1.807, 2.05) is 18.2 Å². The number of rotatable bonds is 4. The van der Waals surface area contributed by atoms with Gasteiger partial charge in [0.25, 0.3) is 5.91 Å². The van der Waals surface area contributed by atoms with Crippen LogP contribution >= 0.6 is 11.6 Å². The molecule has 3 aromatic rings. The maximum Gasteiger partial charge on any atom is 0.261 e. The lowest BCUT2D eigenvalue weighted by Crippen LogP contribution is -2.32. The standard InChI is InChI=1S/C24H21ClN4O3/c1-32-15-7-4-6-14(12-15)27-24(31)17-13-26-29-22(16-8-2-3-9-18(16)25)21-19(28-23(17)29)10-5-11-20(21)30/h2-4,6-9,12-13,22,28H,5,10-11H2,1H3,(H,27,31). The lowest BCUT2D eigenvalue weighted by atomic mass is 9.85. The molecule has 0 saturated carbocycles. The topological polar surface area (TPSA) is 85.2 Å². The summed E-state index contributed by atoms with van der Waals surface area (Å²) in [6, 6.07) is 14.1. The fraction of sp³-hybridized carbons (Fsp3) is 0.208. The van der Waals surface area contributed by atoms with Crippen molar-refractivity contribution in [2.24, 2.45) is 0 Å². The van der Waals surface area contributed by atoms with E-state index in [1.165, 1.54) is 6.20 Å². The third kappa shape index (κ3) is 3.44. The maximum absolute atomic E-state index is 13.1. The summed E-state index contributed by atoms with van der Waals surface area (Å²) in [5.41, 5.74) is 3.27. The fourth-order valence-corrected chi connectivity index (χ4v) is 4.55. The number of allylic oxidation sites excluding steroid dienone is 2. The Morgan fingerprint density at radius 2 is 2.06 bits per heavy atom. The van der Waals surface area contributed by atoms with Crippen molar-refractivity contribution in [2.75, 3.05) is 17.7 Å². The minimum absolute atomic E-state index is 0.0761. The highest BCUT2D eigenvalue weighted by Gasteiger charge is 2.38. The molecule has 0 bridgehead atoms. The fourth-order valence-electron chi connectivity index (χ4n) is 4.31. The van der Waals surface area contributed by atoms with Gasteiger partial charge < -0.3 is 15.4 Å². The Hall–Kier alpha value is -3.58. The van der Waals surface area contributed by atoms with Crippen molar-refractivity contribution in [2.45, 2.75) is 25.3 Å². The number of nitrogens with one attached hydrogen (secondary N) is 2. The third-order valence-electron chi connectivity index (χ3n) is 5.81. The molecule has 8 heteroatoms. The molecule has 2 N–H and O–H groups in total. The van der Waals surface area contributed by atoms with Crippen molar-refractivity contribution in [1.82, 2.24) is 9.78 Å². The number of aromatic nitrogens is 2. The molecular weight excluding hydrogens is 428 g/mol. The van der Waals surface area contributed by atoms with Crippen LogP contribution in [0.2, 0.25) is 5.02 Å². The van der Waals surface area contributed by atoms with Gasteiger partial charge in [-0.2, -0.15) is 5.10 Å². The Morgan fingerprint density at radius 1 is 1.22 bits per heavy atom. The number of halogens is 1. The van der Waals surface area contributed by atoms with E-state index in [4.69, 9.17) is 16.3 Å². The summed E-state index contributed by atoms with van der Waals surface area (Å²) >= 11 is 6.52. The van der Waals surface area contributed by atoms with Crippen LogP contribution in [0.4, 0.5) is 11.5 Å². The summed E-state index contributed by atoms with van der Waals surface area (Å²) in [6.07, 6.45) is 3.50. The molecule has 1 aliphatic heterocycles. The van der Waals surface area contributed by atoms with Crippen LogP contribution < -0.4 is 15.4 Å². The number of methoxy groups -OCH3 is 1. The van der Waals surface area contributed by atoms with Crippen molar-refractivity contribution < 1.29 is 14.3 Å². The van der Waals surface area contributed by atoms with E-state index in [9.17, 15) is 9.59 Å². The Morgan fingerprint density at radius 3 is 2.88 bits per heavy atom. The Bertz CT molecular complexity index is 1260. The van der Waals surface area contributed by atoms with Crippen LogP contribution in [0.15, 0.2) is 66.0 Å². The smallest absolute Gasteiger partial charge is 0.261 e. The first-order valence-corrected chi connectivity index (χ1v) is 10.7. The SMILES string of the molecule is COc1cccc(NC(=O)c2cnn3c2NC2=C(C(=O)CCC2)C3c2ccccc2Cl)c1. The third-order valence-corrected chi connectivity index (χ3v) is 6.16. The van der Waals surface area contributed by atoms with Crippen molar-refractivity contribution in [3.05, 3.63) is 82.1 Å². The number of Topliss-reactive ketones (excluding diaryl/α,β-unsaturated/α-hetero) is 1. The average Bonchev–Trinajstić information content (AvgIpc) is 3.22. The van der Waals surface area contributed by atoms with Crippen LogP contribution in [-0.2, 0) is 4.79 Å². The molecule has 162 valence electrons. The molecule has 1 atom stereocenters. The zero-order valence-electron chi connectivity index (χ0n) is 17.4. The van der Waals surface area contributed by atoms with Crippen molar-refractivity contribution in [3.8, 4) is 5.75 Å². The van der Waals surface area contributed by atoms with Gasteiger partial charge >= 0.3 is 0 Å².